The maximum atomic E-state index is 13.0. The van der Waals surface area contributed by atoms with Crippen LogP contribution in [0.25, 0.3) is 0 Å². The van der Waals surface area contributed by atoms with Crippen molar-refractivity contribution in [3.05, 3.63) is 70.8 Å². The van der Waals surface area contributed by atoms with E-state index in [0.717, 1.165) is 54.7 Å². The Hall–Kier alpha value is -3.08. The highest BCUT2D eigenvalue weighted by Gasteiger charge is 2.43. The molecule has 0 aromatic heterocycles. The van der Waals surface area contributed by atoms with Crippen LogP contribution < -0.4 is 9.47 Å². The fourth-order valence-corrected chi connectivity index (χ4v) is 6.54. The summed E-state index contributed by atoms with van der Waals surface area (Å²) in [6.45, 7) is 13.0. The third-order valence-corrected chi connectivity index (χ3v) is 9.06. The zero-order valence-electron chi connectivity index (χ0n) is 27.1. The molecule has 2 aromatic carbocycles. The highest BCUT2D eigenvalue weighted by molar-refractivity contribution is 5.95. The van der Waals surface area contributed by atoms with Crippen molar-refractivity contribution in [2.24, 2.45) is 11.8 Å². The van der Waals surface area contributed by atoms with Gasteiger partial charge in [-0.25, -0.2) is 0 Å². The third-order valence-electron chi connectivity index (χ3n) is 9.06. The molecule has 0 amide bonds. The van der Waals surface area contributed by atoms with Gasteiger partial charge in [-0.3, -0.25) is 9.59 Å². The van der Waals surface area contributed by atoms with Crippen LogP contribution in [0.15, 0.2) is 54.1 Å². The summed E-state index contributed by atoms with van der Waals surface area (Å²) in [5.41, 5.74) is 4.47. The maximum absolute atomic E-state index is 13.0. The number of carbonyl (C=O) groups excluding carboxylic acids is 2. The van der Waals surface area contributed by atoms with Crippen LogP contribution in [0.3, 0.4) is 0 Å². The fraction of sp³-hybridized carbons (Fsp3) is 0.568. The van der Waals surface area contributed by atoms with Gasteiger partial charge in [0.1, 0.15) is 29.8 Å². The first-order valence-corrected chi connectivity index (χ1v) is 15.6. The van der Waals surface area contributed by atoms with Crippen molar-refractivity contribution in [2.75, 3.05) is 14.2 Å². The number of allylic oxidation sites excluding steroid dienone is 2. The summed E-state index contributed by atoms with van der Waals surface area (Å²) >= 11 is 0. The van der Waals surface area contributed by atoms with Gasteiger partial charge in [0.05, 0.1) is 14.2 Å². The highest BCUT2D eigenvalue weighted by Crippen LogP contribution is 2.46. The molecule has 5 nitrogen and oxygen atoms in total. The Balaban J connectivity index is 1.54. The van der Waals surface area contributed by atoms with Gasteiger partial charge in [-0.05, 0) is 73.5 Å². The van der Waals surface area contributed by atoms with Gasteiger partial charge >= 0.3 is 5.97 Å². The van der Waals surface area contributed by atoms with Gasteiger partial charge in [-0.1, -0.05) is 89.1 Å². The van der Waals surface area contributed by atoms with E-state index in [0.29, 0.717) is 24.7 Å². The summed E-state index contributed by atoms with van der Waals surface area (Å²) in [5.74, 6) is 2.39. The first-order chi connectivity index (χ1) is 20.0. The third kappa shape index (κ3) is 8.72. The van der Waals surface area contributed by atoms with E-state index in [1.807, 2.05) is 18.2 Å². The van der Waals surface area contributed by atoms with Crippen LogP contribution in [0.2, 0.25) is 0 Å². The number of hydrogen-bond donors (Lipinski definition) is 0. The molecule has 0 unspecified atom stereocenters. The van der Waals surface area contributed by atoms with Crippen LogP contribution in [0.1, 0.15) is 109 Å². The summed E-state index contributed by atoms with van der Waals surface area (Å²) in [7, 11) is 3.43. The molecule has 5 heteroatoms. The topological polar surface area (TPSA) is 61.8 Å². The van der Waals surface area contributed by atoms with Crippen LogP contribution >= 0.6 is 0 Å². The molecule has 3 atom stereocenters. The lowest BCUT2D eigenvalue weighted by molar-refractivity contribution is -0.157. The summed E-state index contributed by atoms with van der Waals surface area (Å²) in [5, 5.41) is 0. The monoisotopic (exact) mass is 576 g/mol. The molecular formula is C37H52O5. The highest BCUT2D eigenvalue weighted by atomic mass is 16.5. The standard InChI is InChI=1S/C37H52O5/c1-25(2)30-16-12-15-28(36(30)41-8)14-11-13-26(3)19-21-29(38)24-35(39)42-34-23-27(4)20-22-32(34)37(5,6)31-17-9-10-18-33(31)40-7/h9-10,12-13,15-18,25,27,32,34H,11,14,19-24H2,1-8H3/b26-13+/t27-,32-,34+/m1/s1. The summed E-state index contributed by atoms with van der Waals surface area (Å²) in [6, 6.07) is 14.4. The molecule has 0 spiro atoms. The molecule has 230 valence electrons. The van der Waals surface area contributed by atoms with Gasteiger partial charge in [-0.15, -0.1) is 0 Å². The average Bonchev–Trinajstić information content (AvgIpc) is 2.95. The quantitative estimate of drug-likeness (QED) is 0.128. The lowest BCUT2D eigenvalue weighted by Gasteiger charge is -2.44. The van der Waals surface area contributed by atoms with E-state index < -0.39 is 5.97 Å². The first-order valence-electron chi connectivity index (χ1n) is 15.6. The van der Waals surface area contributed by atoms with E-state index in [9.17, 15) is 9.59 Å². The second kappa shape index (κ2) is 15.4. The number of ketones is 1. The van der Waals surface area contributed by atoms with Crippen LogP contribution in [-0.2, 0) is 26.2 Å². The number of hydrogen-bond acceptors (Lipinski definition) is 5. The molecule has 0 heterocycles. The predicted molar refractivity (Wildman–Crippen MR) is 170 cm³/mol. The molecular weight excluding hydrogens is 524 g/mol. The Bertz CT molecular complexity index is 1220. The van der Waals surface area contributed by atoms with Gasteiger partial charge < -0.3 is 14.2 Å². The SMILES string of the molecule is COc1ccccc1C(C)(C)[C@@H]1CC[C@@H](C)C[C@@H]1OC(=O)CC(=O)CC/C(C)=C/CCc1cccc(C(C)C)c1OC. The van der Waals surface area contributed by atoms with Crippen molar-refractivity contribution in [1.29, 1.82) is 0 Å². The minimum atomic E-state index is -0.404. The molecule has 42 heavy (non-hydrogen) atoms. The molecule has 1 fully saturated rings. The fourth-order valence-electron chi connectivity index (χ4n) is 6.54. The lowest BCUT2D eigenvalue weighted by atomic mass is 9.64. The Morgan fingerprint density at radius 1 is 1.00 bits per heavy atom. The van der Waals surface area contributed by atoms with Gasteiger partial charge in [0.15, 0.2) is 0 Å². The molecule has 1 saturated carbocycles. The van der Waals surface area contributed by atoms with Crippen molar-refractivity contribution in [2.45, 2.75) is 110 Å². The van der Waals surface area contributed by atoms with Crippen molar-refractivity contribution in [3.63, 3.8) is 0 Å². The average molecular weight is 577 g/mol. The summed E-state index contributed by atoms with van der Waals surface area (Å²) < 4.78 is 17.4. The smallest absolute Gasteiger partial charge is 0.313 e. The van der Waals surface area contributed by atoms with E-state index >= 15 is 0 Å². The number of carbonyl (C=O) groups is 2. The van der Waals surface area contributed by atoms with Gasteiger partial charge in [-0.2, -0.15) is 0 Å². The van der Waals surface area contributed by atoms with Crippen molar-refractivity contribution >= 4 is 11.8 Å². The predicted octanol–water partition coefficient (Wildman–Crippen LogP) is 8.77. The molecule has 0 radical (unpaired) electrons. The molecule has 3 rings (SSSR count). The van der Waals surface area contributed by atoms with Crippen LogP contribution in [-0.4, -0.2) is 32.1 Å². The number of Topliss-reactive ketones (excluding diaryl/α,β-unsaturated/α-hetero) is 1. The zero-order chi connectivity index (χ0) is 30.9. The summed E-state index contributed by atoms with van der Waals surface area (Å²) in [4.78, 5) is 25.7. The van der Waals surface area contributed by atoms with Gasteiger partial charge in [0.25, 0.3) is 0 Å². The molecule has 1 aliphatic carbocycles. The van der Waals surface area contributed by atoms with E-state index in [1.165, 1.54) is 11.1 Å². The number of benzene rings is 2. The lowest BCUT2D eigenvalue weighted by Crippen LogP contribution is -2.43. The zero-order valence-corrected chi connectivity index (χ0v) is 27.1. The van der Waals surface area contributed by atoms with E-state index in [-0.39, 0.29) is 29.6 Å². The Labute approximate surface area is 254 Å². The van der Waals surface area contributed by atoms with Crippen molar-refractivity contribution < 1.29 is 23.8 Å². The number of rotatable bonds is 14. The number of esters is 1. The van der Waals surface area contributed by atoms with Crippen LogP contribution in [0.4, 0.5) is 0 Å². The number of aryl methyl sites for hydroxylation is 1. The minimum absolute atomic E-state index is 0.0662. The number of para-hydroxylation sites is 2. The molecule has 0 bridgehead atoms. The van der Waals surface area contributed by atoms with E-state index in [2.05, 4.69) is 71.9 Å². The van der Waals surface area contributed by atoms with Crippen LogP contribution in [0, 0.1) is 11.8 Å². The second-order valence-corrected chi connectivity index (χ2v) is 13.0. The minimum Gasteiger partial charge on any atom is -0.496 e. The maximum Gasteiger partial charge on any atom is 0.313 e. The molecule has 1 aliphatic rings. The largest absolute Gasteiger partial charge is 0.496 e. The van der Waals surface area contributed by atoms with Gasteiger partial charge in [0, 0.05) is 17.9 Å². The normalized spacial score (nSPS) is 19.5. The molecule has 0 saturated heterocycles. The van der Waals surface area contributed by atoms with Crippen molar-refractivity contribution in [3.8, 4) is 11.5 Å². The number of ether oxygens (including phenoxy) is 3. The van der Waals surface area contributed by atoms with Crippen molar-refractivity contribution in [1.82, 2.24) is 0 Å². The first kappa shape index (κ1) is 33.4. The second-order valence-electron chi connectivity index (χ2n) is 13.0. The van der Waals surface area contributed by atoms with E-state index in [4.69, 9.17) is 14.2 Å². The molecule has 0 aliphatic heterocycles. The molecule has 2 aromatic rings. The Kier molecular flexibility index (Phi) is 12.3. The van der Waals surface area contributed by atoms with Crippen LogP contribution in [0.5, 0.6) is 11.5 Å². The van der Waals surface area contributed by atoms with Gasteiger partial charge in [0.2, 0.25) is 0 Å². The van der Waals surface area contributed by atoms with E-state index in [1.54, 1.807) is 14.2 Å². The molecule has 0 N–H and O–H groups in total. The Morgan fingerprint density at radius 2 is 1.74 bits per heavy atom. The summed E-state index contributed by atoms with van der Waals surface area (Å²) in [6.07, 6.45) is 7.45. The Morgan fingerprint density at radius 3 is 2.43 bits per heavy atom. The number of methoxy groups -OCH3 is 2.